The van der Waals surface area contributed by atoms with Crippen LogP contribution in [0.1, 0.15) is 63.2 Å². The molecule has 0 aromatic carbocycles. The van der Waals surface area contributed by atoms with Crippen LogP contribution in [0, 0.1) is 28.6 Å². The molecule has 0 saturated heterocycles. The summed E-state index contributed by atoms with van der Waals surface area (Å²) in [4.78, 5) is 38.3. The monoisotopic (exact) mass is 493 g/mol. The molecule has 2 aromatic heterocycles. The summed E-state index contributed by atoms with van der Waals surface area (Å²) in [6, 6.07) is 1.80. The first kappa shape index (κ1) is 24.3. The summed E-state index contributed by atoms with van der Waals surface area (Å²) < 4.78 is 3.17. The van der Waals surface area contributed by atoms with Crippen LogP contribution in [0.2, 0.25) is 0 Å². The van der Waals surface area contributed by atoms with E-state index >= 15 is 0 Å². The number of nitrogens with zero attached hydrogens (tertiary/aromatic N) is 4. The fourth-order valence-electron chi connectivity index (χ4n) is 6.76. The zero-order valence-corrected chi connectivity index (χ0v) is 21.1. The molecule has 0 aliphatic heterocycles. The number of primary amides is 1. The number of amides is 3. The number of rotatable bonds is 8. The van der Waals surface area contributed by atoms with Gasteiger partial charge in [-0.3, -0.25) is 14.4 Å². The molecule has 2 atom stereocenters. The average molecular weight is 494 g/mol. The highest BCUT2D eigenvalue weighted by molar-refractivity contribution is 5.97. The van der Waals surface area contributed by atoms with Crippen molar-refractivity contribution in [3.8, 4) is 5.82 Å². The van der Waals surface area contributed by atoms with Gasteiger partial charge in [0.05, 0.1) is 11.6 Å². The minimum Gasteiger partial charge on any atom is -0.369 e. The minimum atomic E-state index is -0.761. The molecule has 4 bridgehead atoms. The molecule has 0 spiro atoms. The van der Waals surface area contributed by atoms with E-state index in [1.807, 2.05) is 20.8 Å². The van der Waals surface area contributed by atoms with E-state index in [1.54, 1.807) is 40.1 Å². The molecule has 4 aliphatic carbocycles. The lowest BCUT2D eigenvalue weighted by Gasteiger charge is -2.58. The molecule has 2 heterocycles. The highest BCUT2D eigenvalue weighted by Crippen LogP contribution is 2.59. The third-order valence-electron chi connectivity index (χ3n) is 8.38. The number of hydrogen-bond donors (Lipinski definition) is 3. The average Bonchev–Trinajstić information content (AvgIpc) is 3.49. The topological polar surface area (TPSA) is 137 Å². The summed E-state index contributed by atoms with van der Waals surface area (Å²) in [5.41, 5.74) is 5.06. The van der Waals surface area contributed by atoms with Gasteiger partial charge in [0.2, 0.25) is 11.8 Å². The Morgan fingerprint density at radius 3 is 2.53 bits per heavy atom. The number of carbonyl (C=O) groups is 3. The van der Waals surface area contributed by atoms with E-state index in [-0.39, 0.29) is 35.6 Å². The summed E-state index contributed by atoms with van der Waals surface area (Å²) in [5, 5.41) is 14.9. The quantitative estimate of drug-likeness (QED) is 0.517. The summed E-state index contributed by atoms with van der Waals surface area (Å²) in [5.74, 6) is 1.04. The smallest absolute Gasteiger partial charge is 0.257 e. The van der Waals surface area contributed by atoms with Gasteiger partial charge in [-0.25, -0.2) is 9.36 Å². The van der Waals surface area contributed by atoms with Crippen molar-refractivity contribution in [1.29, 1.82) is 0 Å². The fraction of sp³-hybridized carbons (Fsp3) is 0.577. The van der Waals surface area contributed by atoms with E-state index in [0.717, 1.165) is 32.1 Å². The lowest BCUT2D eigenvalue weighted by molar-refractivity contribution is -0.145. The van der Waals surface area contributed by atoms with Gasteiger partial charge in [0, 0.05) is 36.6 Å². The van der Waals surface area contributed by atoms with Crippen molar-refractivity contribution in [2.45, 2.75) is 58.9 Å². The first-order valence-electron chi connectivity index (χ1n) is 12.8. The SMILES string of the molecule is CCNC(=O)C(C)(C)/C=C/n1ncc(C(=O)N[C@H]2C3CC4CC2C[C@](C(N)=O)(C4)C3)c1-n1cccn1. The predicted molar refractivity (Wildman–Crippen MR) is 134 cm³/mol. The van der Waals surface area contributed by atoms with Crippen molar-refractivity contribution in [2.75, 3.05) is 6.54 Å². The van der Waals surface area contributed by atoms with Crippen LogP contribution in [-0.2, 0) is 9.59 Å². The van der Waals surface area contributed by atoms with Gasteiger partial charge in [-0.2, -0.15) is 10.2 Å². The number of nitrogens with two attached hydrogens (primary N) is 1. The van der Waals surface area contributed by atoms with Gasteiger partial charge in [0.1, 0.15) is 5.56 Å². The maximum atomic E-state index is 13.6. The molecule has 10 nitrogen and oxygen atoms in total. The Morgan fingerprint density at radius 1 is 1.19 bits per heavy atom. The summed E-state index contributed by atoms with van der Waals surface area (Å²) in [6.45, 7) is 6.07. The van der Waals surface area contributed by atoms with Crippen molar-refractivity contribution in [3.63, 3.8) is 0 Å². The highest BCUT2D eigenvalue weighted by atomic mass is 16.2. The van der Waals surface area contributed by atoms with Gasteiger partial charge in [0.15, 0.2) is 5.82 Å². The zero-order chi connectivity index (χ0) is 25.7. The van der Waals surface area contributed by atoms with Crippen LogP contribution >= 0.6 is 0 Å². The van der Waals surface area contributed by atoms with Crippen LogP contribution in [0.15, 0.2) is 30.7 Å². The van der Waals surface area contributed by atoms with E-state index in [4.69, 9.17) is 5.73 Å². The number of hydrogen-bond acceptors (Lipinski definition) is 5. The maximum absolute atomic E-state index is 13.6. The van der Waals surface area contributed by atoms with Crippen LogP contribution in [-0.4, -0.2) is 49.9 Å². The Labute approximate surface area is 210 Å². The summed E-state index contributed by atoms with van der Waals surface area (Å²) >= 11 is 0. The Kier molecular flexibility index (Phi) is 6.00. The Hall–Kier alpha value is -3.43. The summed E-state index contributed by atoms with van der Waals surface area (Å²) in [7, 11) is 0. The standard InChI is InChI=1S/C26H35N7O3/c1-4-28-24(36)25(2,3)6-9-33-22(32-8-5-7-29-32)19(15-30-33)21(34)31-20-17-10-16-11-18(20)14-26(12-16,13-17)23(27)35/h5-9,15-18,20H,4,10-14H2,1-3H3,(H2,27,35)(H,28,36)(H,31,34)/b9-6+/t16?,17?,18?,20-,26-. The lowest BCUT2D eigenvalue weighted by atomic mass is 9.47. The molecule has 4 saturated carbocycles. The third-order valence-corrected chi connectivity index (χ3v) is 8.38. The van der Waals surface area contributed by atoms with E-state index < -0.39 is 10.8 Å². The number of nitrogens with one attached hydrogen (secondary N) is 2. The molecule has 4 fully saturated rings. The highest BCUT2D eigenvalue weighted by Gasteiger charge is 2.58. The molecular formula is C26H35N7O3. The summed E-state index contributed by atoms with van der Waals surface area (Å²) in [6.07, 6.45) is 12.9. The molecule has 10 heteroatoms. The van der Waals surface area contributed by atoms with Gasteiger partial charge in [-0.1, -0.05) is 6.08 Å². The second-order valence-corrected chi connectivity index (χ2v) is 11.3. The number of aromatic nitrogens is 4. The molecule has 36 heavy (non-hydrogen) atoms. The predicted octanol–water partition coefficient (Wildman–Crippen LogP) is 2.11. The van der Waals surface area contributed by atoms with Crippen molar-refractivity contribution in [2.24, 2.45) is 34.3 Å². The van der Waals surface area contributed by atoms with Crippen LogP contribution in [0.3, 0.4) is 0 Å². The second-order valence-electron chi connectivity index (χ2n) is 11.3. The van der Waals surface area contributed by atoms with E-state index in [9.17, 15) is 14.4 Å². The molecule has 2 aromatic rings. The minimum absolute atomic E-state index is 0.0163. The van der Waals surface area contributed by atoms with Gasteiger partial charge in [-0.05, 0) is 76.7 Å². The maximum Gasteiger partial charge on any atom is 0.257 e. The fourth-order valence-corrected chi connectivity index (χ4v) is 6.76. The van der Waals surface area contributed by atoms with Crippen molar-refractivity contribution >= 4 is 23.9 Å². The van der Waals surface area contributed by atoms with E-state index in [1.165, 1.54) is 6.20 Å². The Morgan fingerprint density at radius 2 is 1.92 bits per heavy atom. The normalized spacial score (nSPS) is 29.0. The van der Waals surface area contributed by atoms with Gasteiger partial charge < -0.3 is 16.4 Å². The van der Waals surface area contributed by atoms with E-state index in [2.05, 4.69) is 20.8 Å². The lowest BCUT2D eigenvalue weighted by Crippen LogP contribution is -2.62. The van der Waals surface area contributed by atoms with Crippen molar-refractivity contribution in [1.82, 2.24) is 30.2 Å². The van der Waals surface area contributed by atoms with Crippen LogP contribution in [0.25, 0.3) is 12.0 Å². The van der Waals surface area contributed by atoms with E-state index in [0.29, 0.717) is 23.8 Å². The van der Waals surface area contributed by atoms with Crippen LogP contribution < -0.4 is 16.4 Å². The van der Waals surface area contributed by atoms with Crippen LogP contribution in [0.5, 0.6) is 0 Å². The molecule has 4 N–H and O–H groups in total. The van der Waals surface area contributed by atoms with Gasteiger partial charge in [-0.15, -0.1) is 0 Å². The molecule has 192 valence electrons. The van der Waals surface area contributed by atoms with Crippen molar-refractivity contribution < 1.29 is 14.4 Å². The first-order valence-corrected chi connectivity index (χ1v) is 12.8. The molecule has 2 unspecified atom stereocenters. The molecular weight excluding hydrogens is 458 g/mol. The number of carbonyl (C=O) groups excluding carboxylic acids is 3. The molecule has 3 amide bonds. The first-order chi connectivity index (χ1) is 17.1. The molecule has 6 rings (SSSR count). The van der Waals surface area contributed by atoms with Gasteiger partial charge >= 0.3 is 0 Å². The van der Waals surface area contributed by atoms with Crippen molar-refractivity contribution in [3.05, 3.63) is 36.3 Å². The van der Waals surface area contributed by atoms with Gasteiger partial charge in [0.25, 0.3) is 5.91 Å². The Bertz CT molecular complexity index is 1180. The largest absolute Gasteiger partial charge is 0.369 e. The van der Waals surface area contributed by atoms with Crippen LogP contribution in [0.4, 0.5) is 0 Å². The Balaban J connectivity index is 1.40. The molecule has 4 aliphatic rings. The zero-order valence-electron chi connectivity index (χ0n) is 21.1. The third kappa shape index (κ3) is 4.12. The second kappa shape index (κ2) is 8.90. The molecule has 0 radical (unpaired) electrons.